The summed E-state index contributed by atoms with van der Waals surface area (Å²) in [5, 5.41) is 3.29. The lowest BCUT2D eigenvalue weighted by Gasteiger charge is -2.34. The van der Waals surface area contributed by atoms with Gasteiger partial charge in [0, 0.05) is 12.6 Å². The molecule has 0 radical (unpaired) electrons. The molecule has 0 atom stereocenters. The van der Waals surface area contributed by atoms with E-state index < -0.39 is 5.82 Å². The third-order valence-electron chi connectivity index (χ3n) is 4.85. The fourth-order valence-corrected chi connectivity index (χ4v) is 3.47. The molecule has 1 heterocycles. The van der Waals surface area contributed by atoms with Crippen molar-refractivity contribution in [3.05, 3.63) is 59.7 Å². The minimum absolute atomic E-state index is 0. The fourth-order valence-electron chi connectivity index (χ4n) is 3.47. The maximum absolute atomic E-state index is 14.7. The highest BCUT2D eigenvalue weighted by molar-refractivity contribution is 5.95. The Morgan fingerprint density at radius 3 is 2.30 bits per heavy atom. The molecule has 1 saturated heterocycles. The van der Waals surface area contributed by atoms with Gasteiger partial charge in [0.1, 0.15) is 11.6 Å². The van der Waals surface area contributed by atoms with Crippen LogP contribution in [-0.2, 0) is 0 Å². The van der Waals surface area contributed by atoms with Gasteiger partial charge in [0.2, 0.25) is 0 Å². The highest BCUT2D eigenvalue weighted by atomic mass is 35.5. The Kier molecular flexibility index (Phi) is 7.75. The van der Waals surface area contributed by atoms with Crippen molar-refractivity contribution >= 4 is 18.3 Å². The van der Waals surface area contributed by atoms with E-state index in [4.69, 9.17) is 0 Å². The smallest absolute Gasteiger partial charge is 0.257 e. The molecule has 6 heteroatoms. The van der Waals surface area contributed by atoms with Crippen LogP contribution in [0.2, 0.25) is 0 Å². The maximum atomic E-state index is 14.7. The zero-order valence-corrected chi connectivity index (χ0v) is 16.2. The van der Waals surface area contributed by atoms with E-state index in [1.165, 1.54) is 18.2 Å². The lowest BCUT2D eigenvalue weighted by Crippen LogP contribution is -2.46. The van der Waals surface area contributed by atoms with Crippen LogP contribution in [-0.4, -0.2) is 36.5 Å². The fraction of sp³-hybridized carbons (Fsp3) is 0.381. The van der Waals surface area contributed by atoms with Gasteiger partial charge in [0.25, 0.3) is 5.91 Å². The van der Waals surface area contributed by atoms with E-state index in [2.05, 4.69) is 5.32 Å². The number of halogens is 3. The highest BCUT2D eigenvalue weighted by Gasteiger charge is 2.27. The normalized spacial score (nSPS) is 14.5. The van der Waals surface area contributed by atoms with Gasteiger partial charge in [0.05, 0.1) is 5.56 Å². The molecule has 0 unspecified atom stereocenters. The first kappa shape index (κ1) is 21.3. The Morgan fingerprint density at radius 1 is 1.07 bits per heavy atom. The molecule has 1 aliphatic rings. The van der Waals surface area contributed by atoms with Crippen LogP contribution in [0.5, 0.6) is 0 Å². The molecule has 2 aromatic rings. The molecule has 2 aromatic carbocycles. The molecule has 1 aliphatic heterocycles. The molecule has 3 nitrogen and oxygen atoms in total. The monoisotopic (exact) mass is 394 g/mol. The van der Waals surface area contributed by atoms with Gasteiger partial charge in [-0.15, -0.1) is 12.4 Å². The number of rotatable bonds is 5. The van der Waals surface area contributed by atoms with Gasteiger partial charge in [-0.1, -0.05) is 25.1 Å². The van der Waals surface area contributed by atoms with E-state index in [0.29, 0.717) is 17.7 Å². The molecule has 0 spiro atoms. The quantitative estimate of drug-likeness (QED) is 0.800. The number of amides is 1. The Morgan fingerprint density at radius 2 is 1.70 bits per heavy atom. The van der Waals surface area contributed by atoms with E-state index in [9.17, 15) is 13.6 Å². The van der Waals surface area contributed by atoms with Crippen LogP contribution in [0, 0.1) is 11.6 Å². The molecule has 0 bridgehead atoms. The van der Waals surface area contributed by atoms with E-state index in [-0.39, 0.29) is 35.7 Å². The van der Waals surface area contributed by atoms with Crippen LogP contribution in [0.25, 0.3) is 11.1 Å². The van der Waals surface area contributed by atoms with Gasteiger partial charge in [0.15, 0.2) is 0 Å². The van der Waals surface area contributed by atoms with E-state index in [1.54, 1.807) is 24.3 Å². The third kappa shape index (κ3) is 5.05. The summed E-state index contributed by atoms with van der Waals surface area (Å²) in [4.78, 5) is 14.8. The van der Waals surface area contributed by atoms with Crippen LogP contribution < -0.4 is 5.32 Å². The summed E-state index contributed by atoms with van der Waals surface area (Å²) in [6, 6.07) is 10.6. The van der Waals surface area contributed by atoms with Crippen molar-refractivity contribution in [3.8, 4) is 11.1 Å². The summed E-state index contributed by atoms with van der Waals surface area (Å²) in [5.41, 5.74) is 1.44. The predicted octanol–water partition coefficient (Wildman–Crippen LogP) is 4.66. The predicted molar refractivity (Wildman–Crippen MR) is 106 cm³/mol. The van der Waals surface area contributed by atoms with Crippen molar-refractivity contribution in [3.63, 3.8) is 0 Å². The van der Waals surface area contributed by atoms with Crippen LogP contribution >= 0.6 is 12.4 Å². The Bertz CT molecular complexity index is 761. The number of piperidine rings is 1. The molecule has 0 saturated carbocycles. The van der Waals surface area contributed by atoms with Crippen molar-refractivity contribution in [2.45, 2.75) is 32.2 Å². The first-order valence-electron chi connectivity index (χ1n) is 9.17. The van der Waals surface area contributed by atoms with Gasteiger partial charge < -0.3 is 10.2 Å². The van der Waals surface area contributed by atoms with Crippen LogP contribution in [0.4, 0.5) is 8.78 Å². The molecule has 3 rings (SSSR count). The molecule has 1 fully saturated rings. The lowest BCUT2D eigenvalue weighted by molar-refractivity contribution is 0.0638. The largest absolute Gasteiger partial charge is 0.335 e. The van der Waals surface area contributed by atoms with Gasteiger partial charge in [-0.25, -0.2) is 8.78 Å². The van der Waals surface area contributed by atoms with Crippen molar-refractivity contribution < 1.29 is 13.6 Å². The molecule has 1 N–H and O–H groups in total. The van der Waals surface area contributed by atoms with Crippen LogP contribution in [0.3, 0.4) is 0 Å². The standard InChI is InChI=1S/C21H24F2N2O.ClH/c1-2-13-25(18-9-11-24-12-10-18)21(26)19-8-5-16(14-20(19)23)15-3-6-17(22)7-4-15;/h3-8,14,18,24H,2,9-13H2,1H3;1H. The number of hydrogen-bond donors (Lipinski definition) is 1. The first-order chi connectivity index (χ1) is 12.6. The minimum Gasteiger partial charge on any atom is -0.335 e. The molecule has 0 aromatic heterocycles. The molecular formula is C21H25ClF2N2O. The zero-order chi connectivity index (χ0) is 18.5. The van der Waals surface area contributed by atoms with Crippen molar-refractivity contribution in [2.24, 2.45) is 0 Å². The Hall–Kier alpha value is -1.98. The van der Waals surface area contributed by atoms with Crippen molar-refractivity contribution in [1.29, 1.82) is 0 Å². The number of nitrogens with zero attached hydrogens (tertiary/aromatic N) is 1. The topological polar surface area (TPSA) is 32.3 Å². The molecule has 0 aliphatic carbocycles. The van der Waals surface area contributed by atoms with Gasteiger partial charge in [-0.05, 0) is 67.7 Å². The Balaban J connectivity index is 0.00000261. The lowest BCUT2D eigenvalue weighted by atomic mass is 10.0. The number of carbonyl (C=O) groups is 1. The number of benzene rings is 2. The molecule has 1 amide bonds. The van der Waals surface area contributed by atoms with E-state index in [0.717, 1.165) is 32.4 Å². The Labute approximate surface area is 165 Å². The van der Waals surface area contributed by atoms with Crippen molar-refractivity contribution in [2.75, 3.05) is 19.6 Å². The number of nitrogens with one attached hydrogen (secondary N) is 1. The van der Waals surface area contributed by atoms with Crippen molar-refractivity contribution in [1.82, 2.24) is 10.2 Å². The summed E-state index contributed by atoms with van der Waals surface area (Å²) >= 11 is 0. The van der Waals surface area contributed by atoms with Crippen LogP contribution in [0.1, 0.15) is 36.5 Å². The van der Waals surface area contributed by atoms with Gasteiger partial charge in [-0.3, -0.25) is 4.79 Å². The van der Waals surface area contributed by atoms with Gasteiger partial charge >= 0.3 is 0 Å². The number of carbonyl (C=O) groups excluding carboxylic acids is 1. The third-order valence-corrected chi connectivity index (χ3v) is 4.85. The summed E-state index contributed by atoms with van der Waals surface area (Å²) < 4.78 is 27.8. The molecular weight excluding hydrogens is 370 g/mol. The summed E-state index contributed by atoms with van der Waals surface area (Å²) in [5.74, 6) is -1.12. The second-order valence-corrected chi connectivity index (χ2v) is 6.68. The highest BCUT2D eigenvalue weighted by Crippen LogP contribution is 2.24. The molecule has 146 valence electrons. The SMILES string of the molecule is CCCN(C(=O)c1ccc(-c2ccc(F)cc2)cc1F)C1CCNCC1.Cl. The van der Waals surface area contributed by atoms with E-state index in [1.807, 2.05) is 11.8 Å². The first-order valence-corrected chi connectivity index (χ1v) is 9.17. The second kappa shape index (κ2) is 9.81. The maximum Gasteiger partial charge on any atom is 0.257 e. The molecule has 27 heavy (non-hydrogen) atoms. The summed E-state index contributed by atoms with van der Waals surface area (Å²) in [7, 11) is 0. The second-order valence-electron chi connectivity index (χ2n) is 6.68. The summed E-state index contributed by atoms with van der Waals surface area (Å²) in [6.07, 6.45) is 2.62. The van der Waals surface area contributed by atoms with Crippen LogP contribution in [0.15, 0.2) is 42.5 Å². The average Bonchev–Trinajstić information content (AvgIpc) is 2.67. The summed E-state index contributed by atoms with van der Waals surface area (Å²) in [6.45, 7) is 4.41. The van der Waals surface area contributed by atoms with Gasteiger partial charge in [-0.2, -0.15) is 0 Å². The number of hydrogen-bond acceptors (Lipinski definition) is 2. The minimum atomic E-state index is -0.535. The zero-order valence-electron chi connectivity index (χ0n) is 15.4. The average molecular weight is 395 g/mol. The van der Waals surface area contributed by atoms with E-state index >= 15 is 0 Å².